The molecule has 1 aromatic heterocycles. The highest BCUT2D eigenvalue weighted by Crippen LogP contribution is 2.18. The zero-order valence-electron chi connectivity index (χ0n) is 17.0. The molecule has 0 spiro atoms. The number of nitrogens with one attached hydrogen (secondary N) is 2. The first kappa shape index (κ1) is 24.6. The van der Waals surface area contributed by atoms with E-state index in [2.05, 4.69) is 46.8 Å². The number of rotatable bonds is 10. The summed E-state index contributed by atoms with van der Waals surface area (Å²) in [6, 6.07) is 7.91. The lowest BCUT2D eigenvalue weighted by atomic mass is 10.2. The Hall–Kier alpha value is -1.39. The van der Waals surface area contributed by atoms with Crippen LogP contribution in [0.5, 0.6) is 5.75 Å². The fourth-order valence-corrected chi connectivity index (χ4v) is 3.22. The van der Waals surface area contributed by atoms with Crippen molar-refractivity contribution in [3.05, 3.63) is 45.9 Å². The number of aromatic nitrogens is 1. The molecular formula is C20H31IN4O2S. The topological polar surface area (TPSA) is 67.8 Å². The van der Waals surface area contributed by atoms with Crippen LogP contribution in [0.3, 0.4) is 0 Å². The van der Waals surface area contributed by atoms with Crippen LogP contribution in [0.1, 0.15) is 43.0 Å². The van der Waals surface area contributed by atoms with E-state index in [1.807, 2.05) is 24.3 Å². The van der Waals surface area contributed by atoms with E-state index in [0.29, 0.717) is 32.2 Å². The molecule has 6 nitrogen and oxygen atoms in total. The molecule has 1 aromatic carbocycles. The standard InChI is InChI=1S/C20H30N4O2S.HI/c1-5-21-20(23-12-19-24-18(14-27-19)15(2)3)22-9-10-26-13-16-7-6-8-17(11-16)25-4;/h6-8,11,14-15H,5,9-10,12-13H2,1-4H3,(H2,21,22,23);1H. The second-order valence-electron chi connectivity index (χ2n) is 6.35. The summed E-state index contributed by atoms with van der Waals surface area (Å²) in [5, 5.41) is 9.69. The summed E-state index contributed by atoms with van der Waals surface area (Å²) in [7, 11) is 1.67. The van der Waals surface area contributed by atoms with Crippen LogP contribution in [0, 0.1) is 0 Å². The van der Waals surface area contributed by atoms with E-state index in [4.69, 9.17) is 9.47 Å². The third kappa shape index (κ3) is 8.74. The highest BCUT2D eigenvalue weighted by Gasteiger charge is 2.05. The first-order valence-electron chi connectivity index (χ1n) is 9.29. The molecule has 0 radical (unpaired) electrons. The number of methoxy groups -OCH3 is 1. The van der Waals surface area contributed by atoms with Crippen molar-refractivity contribution in [2.45, 2.75) is 39.8 Å². The van der Waals surface area contributed by atoms with Gasteiger partial charge in [-0.25, -0.2) is 9.98 Å². The van der Waals surface area contributed by atoms with Crippen molar-refractivity contribution in [2.75, 3.05) is 26.8 Å². The van der Waals surface area contributed by atoms with Gasteiger partial charge in [-0.15, -0.1) is 35.3 Å². The summed E-state index contributed by atoms with van der Waals surface area (Å²) in [6.45, 7) is 9.59. The Balaban J connectivity index is 0.00000392. The second kappa shape index (κ2) is 13.7. The number of hydrogen-bond acceptors (Lipinski definition) is 5. The number of hydrogen-bond donors (Lipinski definition) is 2. The van der Waals surface area contributed by atoms with Gasteiger partial charge in [0.1, 0.15) is 10.8 Å². The van der Waals surface area contributed by atoms with Crippen molar-refractivity contribution in [3.8, 4) is 5.75 Å². The van der Waals surface area contributed by atoms with Crippen molar-refractivity contribution < 1.29 is 9.47 Å². The number of ether oxygens (including phenoxy) is 2. The third-order valence-corrected chi connectivity index (χ3v) is 4.67. The SMILES string of the molecule is CCNC(=NCc1nc(C(C)C)cs1)NCCOCc1cccc(OC)c1.I. The van der Waals surface area contributed by atoms with Crippen LogP contribution in [0.4, 0.5) is 0 Å². The van der Waals surface area contributed by atoms with Gasteiger partial charge in [-0.3, -0.25) is 0 Å². The highest BCUT2D eigenvalue weighted by molar-refractivity contribution is 14.0. The fourth-order valence-electron chi connectivity index (χ4n) is 2.35. The summed E-state index contributed by atoms with van der Waals surface area (Å²) in [5.74, 6) is 2.08. The molecule has 0 atom stereocenters. The molecule has 2 N–H and O–H groups in total. The fraction of sp³-hybridized carbons (Fsp3) is 0.500. The Labute approximate surface area is 189 Å². The normalized spacial score (nSPS) is 11.2. The minimum Gasteiger partial charge on any atom is -0.497 e. The van der Waals surface area contributed by atoms with Crippen molar-refractivity contribution in [1.82, 2.24) is 15.6 Å². The Morgan fingerprint density at radius 3 is 2.79 bits per heavy atom. The maximum Gasteiger partial charge on any atom is 0.191 e. The molecular weight excluding hydrogens is 487 g/mol. The predicted molar refractivity (Wildman–Crippen MR) is 127 cm³/mol. The van der Waals surface area contributed by atoms with E-state index in [1.165, 1.54) is 0 Å². The van der Waals surface area contributed by atoms with Gasteiger partial charge in [-0.05, 0) is 30.5 Å². The maximum absolute atomic E-state index is 5.73. The third-order valence-electron chi connectivity index (χ3n) is 3.82. The van der Waals surface area contributed by atoms with Crippen LogP contribution in [0.15, 0.2) is 34.6 Å². The van der Waals surface area contributed by atoms with Crippen LogP contribution in [-0.4, -0.2) is 37.7 Å². The monoisotopic (exact) mass is 518 g/mol. The predicted octanol–water partition coefficient (Wildman–Crippen LogP) is 4.17. The molecule has 0 unspecified atom stereocenters. The van der Waals surface area contributed by atoms with Gasteiger partial charge in [-0.2, -0.15) is 0 Å². The maximum atomic E-state index is 5.73. The van der Waals surface area contributed by atoms with Crippen LogP contribution in [0.25, 0.3) is 0 Å². The minimum atomic E-state index is 0. The largest absolute Gasteiger partial charge is 0.497 e. The quantitative estimate of drug-likeness (QED) is 0.214. The van der Waals surface area contributed by atoms with Crippen molar-refractivity contribution in [1.29, 1.82) is 0 Å². The van der Waals surface area contributed by atoms with E-state index in [9.17, 15) is 0 Å². The van der Waals surface area contributed by atoms with Gasteiger partial charge in [0.15, 0.2) is 5.96 Å². The second-order valence-corrected chi connectivity index (χ2v) is 7.29. The zero-order chi connectivity index (χ0) is 19.5. The van der Waals surface area contributed by atoms with E-state index in [1.54, 1.807) is 18.4 Å². The number of thiazole rings is 1. The Bertz CT molecular complexity index is 722. The minimum absolute atomic E-state index is 0. The lowest BCUT2D eigenvalue weighted by Crippen LogP contribution is -2.38. The number of benzene rings is 1. The van der Waals surface area contributed by atoms with Crippen molar-refractivity contribution in [3.63, 3.8) is 0 Å². The summed E-state index contributed by atoms with van der Waals surface area (Å²) in [5.41, 5.74) is 2.23. The van der Waals surface area contributed by atoms with Crippen LogP contribution >= 0.6 is 35.3 Å². The summed E-state index contributed by atoms with van der Waals surface area (Å²) >= 11 is 1.66. The molecule has 2 aromatic rings. The van der Waals surface area contributed by atoms with Gasteiger partial charge in [0.25, 0.3) is 0 Å². The van der Waals surface area contributed by atoms with E-state index >= 15 is 0 Å². The van der Waals surface area contributed by atoms with E-state index in [-0.39, 0.29) is 24.0 Å². The molecule has 0 amide bonds. The van der Waals surface area contributed by atoms with Gasteiger partial charge < -0.3 is 20.1 Å². The molecule has 0 aliphatic carbocycles. The smallest absolute Gasteiger partial charge is 0.191 e. The van der Waals surface area contributed by atoms with Gasteiger partial charge in [-0.1, -0.05) is 26.0 Å². The van der Waals surface area contributed by atoms with Gasteiger partial charge in [0.05, 0.1) is 32.6 Å². The summed E-state index contributed by atoms with van der Waals surface area (Å²) < 4.78 is 11.0. The first-order chi connectivity index (χ1) is 13.1. The molecule has 8 heteroatoms. The number of halogens is 1. The molecule has 0 saturated heterocycles. The van der Waals surface area contributed by atoms with Crippen LogP contribution in [0.2, 0.25) is 0 Å². The van der Waals surface area contributed by atoms with E-state index < -0.39 is 0 Å². The van der Waals surface area contributed by atoms with Gasteiger partial charge in [0, 0.05) is 18.5 Å². The summed E-state index contributed by atoms with van der Waals surface area (Å²) in [4.78, 5) is 9.23. The Morgan fingerprint density at radius 2 is 2.11 bits per heavy atom. The highest BCUT2D eigenvalue weighted by atomic mass is 127. The van der Waals surface area contributed by atoms with Crippen molar-refractivity contribution >= 4 is 41.3 Å². The Kier molecular flexibility index (Phi) is 12.1. The summed E-state index contributed by atoms with van der Waals surface area (Å²) in [6.07, 6.45) is 0. The average Bonchev–Trinajstić information content (AvgIpc) is 3.15. The lowest BCUT2D eigenvalue weighted by molar-refractivity contribution is 0.125. The molecule has 156 valence electrons. The number of guanidine groups is 1. The van der Waals surface area contributed by atoms with Gasteiger partial charge in [0.2, 0.25) is 0 Å². The molecule has 1 heterocycles. The van der Waals surface area contributed by atoms with Crippen molar-refractivity contribution in [2.24, 2.45) is 4.99 Å². The average molecular weight is 518 g/mol. The van der Waals surface area contributed by atoms with E-state index in [0.717, 1.165) is 34.5 Å². The van der Waals surface area contributed by atoms with Crippen LogP contribution in [-0.2, 0) is 17.9 Å². The molecule has 0 fully saturated rings. The molecule has 0 saturated carbocycles. The Morgan fingerprint density at radius 1 is 1.29 bits per heavy atom. The molecule has 0 bridgehead atoms. The zero-order valence-corrected chi connectivity index (χ0v) is 20.2. The number of aliphatic imine (C=N–C) groups is 1. The first-order valence-corrected chi connectivity index (χ1v) is 10.2. The molecule has 28 heavy (non-hydrogen) atoms. The lowest BCUT2D eigenvalue weighted by Gasteiger charge is -2.11. The number of nitrogens with zero attached hydrogens (tertiary/aromatic N) is 2. The molecule has 2 rings (SSSR count). The van der Waals surface area contributed by atoms with Gasteiger partial charge >= 0.3 is 0 Å². The molecule has 0 aliphatic heterocycles. The van der Waals surface area contributed by atoms with Crippen LogP contribution < -0.4 is 15.4 Å². The molecule has 0 aliphatic rings.